The summed E-state index contributed by atoms with van der Waals surface area (Å²) in [7, 11) is 0. The Morgan fingerprint density at radius 2 is 1.61 bits per heavy atom. The summed E-state index contributed by atoms with van der Waals surface area (Å²) in [6, 6.07) is 2.97. The van der Waals surface area contributed by atoms with Crippen molar-refractivity contribution in [3.05, 3.63) is 35.4 Å². The van der Waals surface area contributed by atoms with Crippen molar-refractivity contribution in [2.45, 2.75) is 40.0 Å². The zero-order chi connectivity index (χ0) is 17.9. The monoisotopic (exact) mass is 336 g/mol. The molecule has 0 amide bonds. The Bertz CT molecular complexity index is 693. The second-order valence-corrected chi connectivity index (χ2v) is 4.84. The zero-order valence-electron chi connectivity index (χ0n) is 13.1. The molecule has 0 atom stereocenters. The largest absolute Gasteiger partial charge is 0.573 e. The Balaban J connectivity index is 0.00000127. The fourth-order valence-corrected chi connectivity index (χ4v) is 2.13. The van der Waals surface area contributed by atoms with Crippen LogP contribution in [0.15, 0.2) is 18.2 Å². The second-order valence-electron chi connectivity index (χ2n) is 4.84. The molecule has 0 saturated heterocycles. The van der Waals surface area contributed by atoms with Crippen LogP contribution in [0.1, 0.15) is 39.2 Å². The number of phenols is 1. The van der Waals surface area contributed by atoms with Crippen LogP contribution >= 0.6 is 0 Å². The van der Waals surface area contributed by atoms with Crippen LogP contribution in [-0.4, -0.2) is 11.5 Å². The first-order valence-corrected chi connectivity index (χ1v) is 7.00. The van der Waals surface area contributed by atoms with E-state index in [0.29, 0.717) is 0 Å². The lowest BCUT2D eigenvalue weighted by atomic mass is 9.94. The van der Waals surface area contributed by atoms with Gasteiger partial charge in [-0.3, -0.25) is 0 Å². The first kappa shape index (κ1) is 19.0. The van der Waals surface area contributed by atoms with E-state index in [0.717, 1.165) is 12.1 Å². The maximum Gasteiger partial charge on any atom is 0.573 e. The number of ether oxygens (including phenoxy) is 1. The van der Waals surface area contributed by atoms with Gasteiger partial charge < -0.3 is 9.84 Å². The summed E-state index contributed by atoms with van der Waals surface area (Å²) in [6.45, 7) is 7.29. The number of benzene rings is 2. The summed E-state index contributed by atoms with van der Waals surface area (Å²) < 4.78 is 68.1. The molecule has 2 rings (SSSR count). The van der Waals surface area contributed by atoms with E-state index in [1.807, 2.05) is 13.8 Å². The molecule has 0 saturated carbocycles. The van der Waals surface area contributed by atoms with Crippen molar-refractivity contribution in [1.29, 1.82) is 0 Å². The molecule has 1 N–H and O–H groups in total. The Morgan fingerprint density at radius 1 is 1.04 bits per heavy atom. The first-order chi connectivity index (χ1) is 10.6. The van der Waals surface area contributed by atoms with E-state index in [2.05, 4.69) is 4.74 Å². The minimum atomic E-state index is -5.16. The minimum absolute atomic E-state index is 0.0724. The van der Waals surface area contributed by atoms with Crippen LogP contribution in [0.4, 0.5) is 22.0 Å². The standard InChI is InChI=1S/C14H11F5O2.C2H6/c1-6(2)9-5-8(20)3-7-4-10(15)12(16)13(11(7)9)21-14(17,18)19;1-2/h3-6,20H,1-2H3;1-2H3. The van der Waals surface area contributed by atoms with Crippen molar-refractivity contribution in [2.75, 3.05) is 0 Å². The fourth-order valence-electron chi connectivity index (χ4n) is 2.13. The number of hydrogen-bond acceptors (Lipinski definition) is 2. The van der Waals surface area contributed by atoms with Crippen molar-refractivity contribution < 1.29 is 31.8 Å². The van der Waals surface area contributed by atoms with E-state index in [1.165, 1.54) is 6.07 Å². The molecule has 0 heterocycles. The van der Waals surface area contributed by atoms with Crippen LogP contribution in [0.5, 0.6) is 11.5 Å². The Kier molecular flexibility index (Phi) is 5.80. The molecule has 0 aromatic heterocycles. The molecule has 0 fully saturated rings. The van der Waals surface area contributed by atoms with Gasteiger partial charge in [0.25, 0.3) is 0 Å². The maximum atomic E-state index is 13.7. The van der Waals surface area contributed by atoms with Gasteiger partial charge >= 0.3 is 6.36 Å². The summed E-state index contributed by atoms with van der Waals surface area (Å²) in [4.78, 5) is 0. The SMILES string of the molecule is CC.CC(C)c1cc(O)cc2cc(F)c(F)c(OC(F)(F)F)c12. The van der Waals surface area contributed by atoms with E-state index in [1.54, 1.807) is 13.8 Å². The molecular weight excluding hydrogens is 319 g/mol. The summed E-state index contributed by atoms with van der Waals surface area (Å²) in [5.41, 5.74) is 0.225. The van der Waals surface area contributed by atoms with Gasteiger partial charge in [0.05, 0.1) is 0 Å². The number of fused-ring (bicyclic) bond motifs is 1. The Hall–Kier alpha value is -2.05. The highest BCUT2D eigenvalue weighted by Crippen LogP contribution is 2.40. The molecule has 0 unspecified atom stereocenters. The fraction of sp³-hybridized carbons (Fsp3) is 0.375. The molecule has 2 aromatic carbocycles. The molecule has 0 bridgehead atoms. The van der Waals surface area contributed by atoms with Crippen molar-refractivity contribution in [1.82, 2.24) is 0 Å². The summed E-state index contributed by atoms with van der Waals surface area (Å²) in [5, 5.41) is 9.28. The quantitative estimate of drug-likeness (QED) is 0.695. The third-order valence-corrected chi connectivity index (χ3v) is 2.94. The predicted octanol–water partition coefficient (Wildman–Crippen LogP) is 5.87. The lowest BCUT2D eigenvalue weighted by molar-refractivity contribution is -0.275. The topological polar surface area (TPSA) is 29.5 Å². The van der Waals surface area contributed by atoms with Crippen LogP contribution in [-0.2, 0) is 0 Å². The van der Waals surface area contributed by atoms with Crippen molar-refractivity contribution in [3.63, 3.8) is 0 Å². The Labute approximate surface area is 130 Å². The smallest absolute Gasteiger partial charge is 0.508 e. The van der Waals surface area contributed by atoms with E-state index >= 15 is 0 Å². The molecule has 128 valence electrons. The highest BCUT2D eigenvalue weighted by atomic mass is 19.4. The zero-order valence-corrected chi connectivity index (χ0v) is 13.1. The molecule has 0 aliphatic rings. The molecule has 2 nitrogen and oxygen atoms in total. The lowest BCUT2D eigenvalue weighted by Gasteiger charge is -2.17. The normalized spacial score (nSPS) is 11.4. The van der Waals surface area contributed by atoms with Gasteiger partial charge in [0, 0.05) is 5.39 Å². The van der Waals surface area contributed by atoms with Gasteiger partial charge in [-0.2, -0.15) is 4.39 Å². The average Bonchev–Trinajstić information content (AvgIpc) is 2.43. The number of phenolic OH excluding ortho intramolecular Hbond substituents is 1. The molecular formula is C16H17F5O2. The van der Waals surface area contributed by atoms with E-state index in [9.17, 15) is 27.1 Å². The number of alkyl halides is 3. The van der Waals surface area contributed by atoms with Crippen molar-refractivity contribution in [2.24, 2.45) is 0 Å². The average molecular weight is 336 g/mol. The summed E-state index contributed by atoms with van der Waals surface area (Å²) in [6.07, 6.45) is -5.16. The molecule has 0 spiro atoms. The van der Waals surface area contributed by atoms with Gasteiger partial charge in [0.1, 0.15) is 5.75 Å². The summed E-state index contributed by atoms with van der Waals surface area (Å²) >= 11 is 0. The minimum Gasteiger partial charge on any atom is -0.508 e. The third kappa shape index (κ3) is 4.24. The first-order valence-electron chi connectivity index (χ1n) is 7.00. The third-order valence-electron chi connectivity index (χ3n) is 2.94. The van der Waals surface area contributed by atoms with Crippen LogP contribution in [0.2, 0.25) is 0 Å². The van der Waals surface area contributed by atoms with E-state index in [-0.39, 0.29) is 28.0 Å². The summed E-state index contributed by atoms with van der Waals surface area (Å²) in [5.74, 6) is -5.01. The second kappa shape index (κ2) is 7.02. The molecule has 7 heteroatoms. The van der Waals surface area contributed by atoms with Crippen LogP contribution in [0.25, 0.3) is 10.8 Å². The number of aromatic hydroxyl groups is 1. The van der Waals surface area contributed by atoms with Crippen molar-refractivity contribution in [3.8, 4) is 11.5 Å². The molecule has 0 aliphatic heterocycles. The van der Waals surface area contributed by atoms with Gasteiger partial charge in [0.15, 0.2) is 11.6 Å². The number of rotatable bonds is 2. The van der Waals surface area contributed by atoms with Gasteiger partial charge in [-0.1, -0.05) is 27.7 Å². The van der Waals surface area contributed by atoms with Gasteiger partial charge in [0.2, 0.25) is 5.82 Å². The maximum absolute atomic E-state index is 13.7. The van der Waals surface area contributed by atoms with Gasteiger partial charge in [-0.15, -0.1) is 13.2 Å². The van der Waals surface area contributed by atoms with E-state index in [4.69, 9.17) is 0 Å². The lowest BCUT2D eigenvalue weighted by Crippen LogP contribution is -2.19. The Morgan fingerprint density at radius 3 is 2.09 bits per heavy atom. The molecule has 23 heavy (non-hydrogen) atoms. The van der Waals surface area contributed by atoms with E-state index < -0.39 is 23.7 Å². The van der Waals surface area contributed by atoms with Crippen LogP contribution < -0.4 is 4.74 Å². The van der Waals surface area contributed by atoms with Gasteiger partial charge in [-0.05, 0) is 35.1 Å². The predicted molar refractivity (Wildman–Crippen MR) is 77.6 cm³/mol. The number of halogens is 5. The van der Waals surface area contributed by atoms with Gasteiger partial charge in [-0.25, -0.2) is 4.39 Å². The molecule has 0 aliphatic carbocycles. The molecule has 0 radical (unpaired) electrons. The van der Waals surface area contributed by atoms with Crippen LogP contribution in [0, 0.1) is 11.6 Å². The highest BCUT2D eigenvalue weighted by molar-refractivity contribution is 5.93. The highest BCUT2D eigenvalue weighted by Gasteiger charge is 2.35. The molecule has 2 aromatic rings. The number of hydrogen-bond donors (Lipinski definition) is 1. The van der Waals surface area contributed by atoms with Crippen molar-refractivity contribution >= 4 is 10.8 Å². The van der Waals surface area contributed by atoms with Crippen LogP contribution in [0.3, 0.4) is 0 Å².